The largest absolute Gasteiger partial charge is 0.350 e. The molecule has 2 amide bonds. The van der Waals surface area contributed by atoms with Crippen molar-refractivity contribution in [3.63, 3.8) is 0 Å². The van der Waals surface area contributed by atoms with E-state index in [0.717, 1.165) is 54.4 Å². The summed E-state index contributed by atoms with van der Waals surface area (Å²) in [5, 5.41) is 8.11. The van der Waals surface area contributed by atoms with Gasteiger partial charge >= 0.3 is 0 Å². The van der Waals surface area contributed by atoms with Crippen molar-refractivity contribution in [1.82, 2.24) is 15.2 Å². The molecule has 1 unspecified atom stereocenters. The van der Waals surface area contributed by atoms with Crippen molar-refractivity contribution in [3.05, 3.63) is 38.5 Å². The molecule has 1 saturated carbocycles. The van der Waals surface area contributed by atoms with Crippen molar-refractivity contribution >= 4 is 34.5 Å². The maximum absolute atomic E-state index is 12.6. The third-order valence-electron chi connectivity index (χ3n) is 4.99. The predicted molar refractivity (Wildman–Crippen MR) is 103 cm³/mol. The van der Waals surface area contributed by atoms with E-state index >= 15 is 0 Å². The number of likely N-dealkylation sites (tertiary alicyclic amines) is 1. The number of nitrogens with zero attached hydrogens (tertiary/aromatic N) is 2. The molecule has 2 aromatic rings. The maximum Gasteiger partial charge on any atom is 0.227 e. The van der Waals surface area contributed by atoms with Gasteiger partial charge in [-0.05, 0) is 37.1 Å². The van der Waals surface area contributed by atoms with Gasteiger partial charge in [0.1, 0.15) is 0 Å². The molecule has 26 heavy (non-hydrogen) atoms. The Hall–Kier alpha value is -1.73. The smallest absolute Gasteiger partial charge is 0.227 e. The molecule has 1 saturated heterocycles. The molecule has 5 nitrogen and oxygen atoms in total. The average molecular weight is 390 g/mol. The van der Waals surface area contributed by atoms with E-state index in [1.807, 2.05) is 27.8 Å². The van der Waals surface area contributed by atoms with Crippen LogP contribution in [0.4, 0.5) is 0 Å². The minimum atomic E-state index is 0.155. The number of nitrogens with one attached hydrogen (secondary N) is 1. The van der Waals surface area contributed by atoms with Gasteiger partial charge < -0.3 is 10.2 Å². The summed E-state index contributed by atoms with van der Waals surface area (Å²) in [6, 6.07) is 4.01. The molecule has 2 fully saturated rings. The van der Waals surface area contributed by atoms with E-state index in [1.165, 1.54) is 0 Å². The van der Waals surface area contributed by atoms with E-state index in [4.69, 9.17) is 4.98 Å². The zero-order valence-corrected chi connectivity index (χ0v) is 16.3. The second-order valence-electron chi connectivity index (χ2n) is 7.10. The summed E-state index contributed by atoms with van der Waals surface area (Å²) in [7, 11) is 0. The van der Waals surface area contributed by atoms with Gasteiger partial charge in [0.15, 0.2) is 0 Å². The normalized spacial score (nSPS) is 20.2. The van der Waals surface area contributed by atoms with Crippen molar-refractivity contribution in [3.8, 4) is 0 Å². The van der Waals surface area contributed by atoms with Crippen LogP contribution in [0.1, 0.15) is 47.2 Å². The Kier molecular flexibility index (Phi) is 5.36. The summed E-state index contributed by atoms with van der Waals surface area (Å²) in [5.41, 5.74) is 0.932. The molecule has 1 atom stereocenters. The van der Waals surface area contributed by atoms with Crippen molar-refractivity contribution in [2.24, 2.45) is 5.92 Å². The molecule has 2 aliphatic rings. The Morgan fingerprint density at radius 1 is 1.27 bits per heavy atom. The van der Waals surface area contributed by atoms with Crippen LogP contribution < -0.4 is 5.32 Å². The standard InChI is InChI=1S/C19H23N3O2S2/c23-17(9-16-4-2-8-25-16)22-7-1-3-14(11-22)19-21-15(12-26-19)10-20-18(24)13-5-6-13/h2,4,8,12-14H,1,3,5-7,9-11H2,(H,20,24). The SMILES string of the molecule is O=C(NCc1csc(C2CCCN(C(=O)Cc3cccs3)C2)n1)C1CC1. The molecular weight excluding hydrogens is 366 g/mol. The highest BCUT2D eigenvalue weighted by Gasteiger charge is 2.30. The van der Waals surface area contributed by atoms with Gasteiger partial charge in [0.2, 0.25) is 11.8 Å². The van der Waals surface area contributed by atoms with Crippen molar-refractivity contribution in [2.75, 3.05) is 13.1 Å². The third kappa shape index (κ3) is 4.32. The number of hydrogen-bond donors (Lipinski definition) is 1. The molecule has 0 spiro atoms. The van der Waals surface area contributed by atoms with E-state index in [-0.39, 0.29) is 17.7 Å². The highest BCUT2D eigenvalue weighted by molar-refractivity contribution is 7.10. The lowest BCUT2D eigenvalue weighted by molar-refractivity contribution is -0.131. The first-order valence-electron chi connectivity index (χ1n) is 9.21. The highest BCUT2D eigenvalue weighted by atomic mass is 32.1. The second kappa shape index (κ2) is 7.88. The minimum Gasteiger partial charge on any atom is -0.350 e. The molecule has 3 heterocycles. The number of carbonyl (C=O) groups is 2. The van der Waals surface area contributed by atoms with Gasteiger partial charge in [0.25, 0.3) is 0 Å². The number of rotatable bonds is 6. The zero-order valence-electron chi connectivity index (χ0n) is 14.6. The monoisotopic (exact) mass is 389 g/mol. The minimum absolute atomic E-state index is 0.155. The predicted octanol–water partition coefficient (Wildman–Crippen LogP) is 3.18. The number of amides is 2. The Labute approximate surface area is 161 Å². The van der Waals surface area contributed by atoms with Crippen LogP contribution in [0.25, 0.3) is 0 Å². The van der Waals surface area contributed by atoms with Crippen LogP contribution in [0, 0.1) is 5.92 Å². The quantitative estimate of drug-likeness (QED) is 0.825. The number of carbonyl (C=O) groups excluding carboxylic acids is 2. The van der Waals surface area contributed by atoms with Crippen LogP contribution in [0.3, 0.4) is 0 Å². The lowest BCUT2D eigenvalue weighted by Gasteiger charge is -2.31. The summed E-state index contributed by atoms with van der Waals surface area (Å²) < 4.78 is 0. The number of thiophene rings is 1. The molecule has 2 aromatic heterocycles. The fraction of sp³-hybridized carbons (Fsp3) is 0.526. The summed E-state index contributed by atoms with van der Waals surface area (Å²) in [5.74, 6) is 0.913. The van der Waals surface area contributed by atoms with Gasteiger partial charge in [-0.1, -0.05) is 6.07 Å². The van der Waals surface area contributed by atoms with Crippen LogP contribution in [-0.4, -0.2) is 34.8 Å². The van der Waals surface area contributed by atoms with E-state index < -0.39 is 0 Å². The first-order valence-corrected chi connectivity index (χ1v) is 11.0. The number of piperidine rings is 1. The fourth-order valence-corrected chi connectivity index (χ4v) is 4.98. The number of hydrogen-bond acceptors (Lipinski definition) is 5. The van der Waals surface area contributed by atoms with E-state index in [1.54, 1.807) is 22.7 Å². The molecule has 138 valence electrons. The highest BCUT2D eigenvalue weighted by Crippen LogP contribution is 2.31. The first kappa shape index (κ1) is 17.7. The van der Waals surface area contributed by atoms with Gasteiger partial charge in [0, 0.05) is 35.2 Å². The molecule has 0 aromatic carbocycles. The van der Waals surface area contributed by atoms with E-state index in [0.29, 0.717) is 18.9 Å². The molecule has 0 radical (unpaired) electrons. The van der Waals surface area contributed by atoms with Gasteiger partial charge in [-0.15, -0.1) is 22.7 Å². The Morgan fingerprint density at radius 2 is 2.15 bits per heavy atom. The lowest BCUT2D eigenvalue weighted by atomic mass is 9.98. The summed E-state index contributed by atoms with van der Waals surface area (Å²) in [6.45, 7) is 2.11. The summed E-state index contributed by atoms with van der Waals surface area (Å²) in [6.07, 6.45) is 4.64. The van der Waals surface area contributed by atoms with E-state index in [2.05, 4.69) is 5.32 Å². The van der Waals surface area contributed by atoms with Crippen molar-refractivity contribution in [1.29, 1.82) is 0 Å². The molecule has 4 rings (SSSR count). The Balaban J connectivity index is 1.32. The summed E-state index contributed by atoms with van der Waals surface area (Å²) >= 11 is 3.29. The van der Waals surface area contributed by atoms with Crippen LogP contribution >= 0.6 is 22.7 Å². The zero-order chi connectivity index (χ0) is 17.9. The van der Waals surface area contributed by atoms with Crippen LogP contribution in [0.2, 0.25) is 0 Å². The lowest BCUT2D eigenvalue weighted by Crippen LogP contribution is -2.39. The number of thiazole rings is 1. The van der Waals surface area contributed by atoms with Gasteiger partial charge in [-0.2, -0.15) is 0 Å². The molecule has 1 aliphatic carbocycles. The average Bonchev–Trinajstić information content (AvgIpc) is 3.18. The maximum atomic E-state index is 12.6. The Bertz CT molecular complexity index is 768. The molecule has 1 aliphatic heterocycles. The first-order chi connectivity index (χ1) is 12.7. The Morgan fingerprint density at radius 3 is 2.92 bits per heavy atom. The van der Waals surface area contributed by atoms with E-state index in [9.17, 15) is 9.59 Å². The summed E-state index contributed by atoms with van der Waals surface area (Å²) in [4.78, 5) is 32.2. The second-order valence-corrected chi connectivity index (χ2v) is 9.03. The van der Waals surface area contributed by atoms with Gasteiger partial charge in [0.05, 0.1) is 23.7 Å². The molecule has 7 heteroatoms. The van der Waals surface area contributed by atoms with Gasteiger partial charge in [-0.25, -0.2) is 4.98 Å². The molecule has 1 N–H and O–H groups in total. The van der Waals surface area contributed by atoms with Crippen LogP contribution in [0.5, 0.6) is 0 Å². The molecule has 0 bridgehead atoms. The van der Waals surface area contributed by atoms with Crippen LogP contribution in [0.15, 0.2) is 22.9 Å². The van der Waals surface area contributed by atoms with Gasteiger partial charge in [-0.3, -0.25) is 9.59 Å². The van der Waals surface area contributed by atoms with Crippen molar-refractivity contribution in [2.45, 2.75) is 44.6 Å². The molecular formula is C19H23N3O2S2. The van der Waals surface area contributed by atoms with Crippen molar-refractivity contribution < 1.29 is 9.59 Å². The topological polar surface area (TPSA) is 62.3 Å². The fourth-order valence-electron chi connectivity index (χ4n) is 3.34. The van der Waals surface area contributed by atoms with Crippen LogP contribution in [-0.2, 0) is 22.6 Å². The number of aromatic nitrogens is 1. The third-order valence-corrected chi connectivity index (χ3v) is 6.92.